The van der Waals surface area contributed by atoms with Crippen molar-refractivity contribution in [3.63, 3.8) is 0 Å². The average molecular weight is 332 g/mol. The highest BCUT2D eigenvalue weighted by molar-refractivity contribution is 5.95. The molecule has 0 aliphatic carbocycles. The number of nitrogens with one attached hydrogen (secondary N) is 1. The number of hydrogen-bond acceptors (Lipinski definition) is 5. The molecular weight excluding hydrogens is 312 g/mol. The fourth-order valence-electron chi connectivity index (χ4n) is 2.48. The number of amides is 1. The van der Waals surface area contributed by atoms with E-state index in [1.54, 1.807) is 13.0 Å². The Morgan fingerprint density at radius 3 is 2.67 bits per heavy atom. The average Bonchev–Trinajstić information content (AvgIpc) is 2.90. The van der Waals surface area contributed by atoms with E-state index in [0.717, 1.165) is 5.56 Å². The van der Waals surface area contributed by atoms with Crippen molar-refractivity contribution in [2.24, 2.45) is 0 Å². The summed E-state index contributed by atoms with van der Waals surface area (Å²) in [6.07, 6.45) is 0.444. The number of anilines is 1. The Balaban J connectivity index is 2.30. The van der Waals surface area contributed by atoms with Crippen molar-refractivity contribution in [3.05, 3.63) is 45.6 Å². The molecule has 0 aliphatic heterocycles. The zero-order valence-corrected chi connectivity index (χ0v) is 14.1. The third-order valence-electron chi connectivity index (χ3n) is 3.69. The highest BCUT2D eigenvalue weighted by Gasteiger charge is 2.27. The molecule has 128 valence electrons. The zero-order chi connectivity index (χ0) is 17.9. The lowest BCUT2D eigenvalue weighted by Gasteiger charge is -2.16. The van der Waals surface area contributed by atoms with Crippen LogP contribution in [0.25, 0.3) is 0 Å². The number of benzene rings is 1. The van der Waals surface area contributed by atoms with Gasteiger partial charge in [-0.15, -0.1) is 0 Å². The number of aryl methyl sites for hydroxylation is 2. The molecule has 8 nitrogen and oxygen atoms in total. The Morgan fingerprint density at radius 1 is 1.42 bits per heavy atom. The minimum Gasteiger partial charge on any atom is -0.495 e. The van der Waals surface area contributed by atoms with E-state index in [-0.39, 0.29) is 11.7 Å². The second-order valence-corrected chi connectivity index (χ2v) is 5.46. The van der Waals surface area contributed by atoms with Gasteiger partial charge in [0, 0.05) is 0 Å². The second-order valence-electron chi connectivity index (χ2n) is 5.46. The maximum absolute atomic E-state index is 12.7. The molecular formula is C16H20N4O4. The van der Waals surface area contributed by atoms with Crippen molar-refractivity contribution in [1.82, 2.24) is 9.78 Å². The lowest BCUT2D eigenvalue weighted by Crippen LogP contribution is -2.27. The summed E-state index contributed by atoms with van der Waals surface area (Å²) >= 11 is 0. The van der Waals surface area contributed by atoms with E-state index in [0.29, 0.717) is 23.6 Å². The van der Waals surface area contributed by atoms with Crippen LogP contribution in [0, 0.1) is 24.0 Å². The van der Waals surface area contributed by atoms with E-state index in [2.05, 4.69) is 10.4 Å². The third-order valence-corrected chi connectivity index (χ3v) is 3.69. The van der Waals surface area contributed by atoms with Crippen LogP contribution in [0.2, 0.25) is 0 Å². The van der Waals surface area contributed by atoms with Gasteiger partial charge in [-0.1, -0.05) is 13.0 Å². The maximum Gasteiger partial charge on any atom is 0.390 e. The predicted octanol–water partition coefficient (Wildman–Crippen LogP) is 3.01. The number of methoxy groups -OCH3 is 1. The Kier molecular flexibility index (Phi) is 5.18. The number of nitrogens with zero attached hydrogens (tertiary/aromatic N) is 3. The number of hydrogen-bond donors (Lipinski definition) is 1. The summed E-state index contributed by atoms with van der Waals surface area (Å²) in [4.78, 5) is 23.0. The van der Waals surface area contributed by atoms with Gasteiger partial charge < -0.3 is 20.2 Å². The highest BCUT2D eigenvalue weighted by Crippen LogP contribution is 2.27. The molecule has 0 spiro atoms. The SMILES string of the molecule is CCC(C(=O)Nc1cc(C)ccc1OC)n1nc([N+](=O)[O-])cc1C. The summed E-state index contributed by atoms with van der Waals surface area (Å²) in [5, 5.41) is 17.6. The molecule has 0 aliphatic rings. The van der Waals surface area contributed by atoms with Crippen molar-refractivity contribution in [1.29, 1.82) is 0 Å². The smallest absolute Gasteiger partial charge is 0.390 e. The molecule has 0 bridgehead atoms. The Morgan fingerprint density at radius 2 is 2.12 bits per heavy atom. The number of rotatable bonds is 6. The van der Waals surface area contributed by atoms with Crippen LogP contribution in [0.5, 0.6) is 5.75 Å². The first kappa shape index (κ1) is 17.5. The summed E-state index contributed by atoms with van der Waals surface area (Å²) in [5.41, 5.74) is 2.09. The number of carbonyl (C=O) groups is 1. The Hall–Kier alpha value is -2.90. The third kappa shape index (κ3) is 3.53. The van der Waals surface area contributed by atoms with Crippen LogP contribution in [0.4, 0.5) is 11.5 Å². The van der Waals surface area contributed by atoms with Crippen molar-refractivity contribution < 1.29 is 14.5 Å². The minimum atomic E-state index is -0.649. The first-order valence-corrected chi connectivity index (χ1v) is 7.53. The molecule has 2 aromatic rings. The summed E-state index contributed by atoms with van der Waals surface area (Å²) in [6.45, 7) is 5.42. The van der Waals surface area contributed by atoms with Crippen molar-refractivity contribution in [3.8, 4) is 5.75 Å². The lowest BCUT2D eigenvalue weighted by molar-refractivity contribution is -0.389. The number of carbonyl (C=O) groups excluding carboxylic acids is 1. The summed E-state index contributed by atoms with van der Waals surface area (Å²) in [6, 6.07) is 6.16. The second kappa shape index (κ2) is 7.12. The molecule has 1 aromatic heterocycles. The first-order valence-electron chi connectivity index (χ1n) is 7.53. The molecule has 1 unspecified atom stereocenters. The van der Waals surface area contributed by atoms with Gasteiger partial charge in [0.25, 0.3) is 5.91 Å². The molecule has 1 amide bonds. The summed E-state index contributed by atoms with van der Waals surface area (Å²) in [7, 11) is 1.53. The van der Waals surface area contributed by atoms with Gasteiger partial charge in [-0.2, -0.15) is 4.68 Å². The van der Waals surface area contributed by atoms with Crippen LogP contribution in [0.3, 0.4) is 0 Å². The van der Waals surface area contributed by atoms with E-state index in [4.69, 9.17) is 4.74 Å². The summed E-state index contributed by atoms with van der Waals surface area (Å²) < 4.78 is 6.64. The van der Waals surface area contributed by atoms with Crippen molar-refractivity contribution in [2.45, 2.75) is 33.2 Å². The van der Waals surface area contributed by atoms with Gasteiger partial charge in [0.2, 0.25) is 0 Å². The molecule has 24 heavy (non-hydrogen) atoms. The van der Waals surface area contributed by atoms with Crippen molar-refractivity contribution >= 4 is 17.4 Å². The van der Waals surface area contributed by atoms with E-state index in [1.165, 1.54) is 17.9 Å². The highest BCUT2D eigenvalue weighted by atomic mass is 16.6. The maximum atomic E-state index is 12.7. The van der Waals surface area contributed by atoms with Gasteiger partial charge in [-0.05, 0) is 42.9 Å². The predicted molar refractivity (Wildman–Crippen MR) is 89.3 cm³/mol. The molecule has 0 radical (unpaired) electrons. The molecule has 2 rings (SSSR count). The van der Waals surface area contributed by atoms with Gasteiger partial charge in [0.05, 0.1) is 29.7 Å². The van der Waals surface area contributed by atoms with E-state index >= 15 is 0 Å². The standard InChI is InChI=1S/C16H20N4O4/c1-5-13(19-11(3)9-15(18-19)20(22)23)16(21)17-12-8-10(2)6-7-14(12)24-4/h6-9,13H,5H2,1-4H3,(H,17,21). The monoisotopic (exact) mass is 332 g/mol. The number of ether oxygens (including phenoxy) is 1. The molecule has 0 saturated carbocycles. The van der Waals surface area contributed by atoms with Crippen LogP contribution in [-0.2, 0) is 4.79 Å². The first-order chi connectivity index (χ1) is 11.4. The van der Waals surface area contributed by atoms with Crippen LogP contribution in [-0.4, -0.2) is 27.7 Å². The lowest BCUT2D eigenvalue weighted by atomic mass is 10.1. The van der Waals surface area contributed by atoms with Gasteiger partial charge in [0.1, 0.15) is 5.75 Å². The van der Waals surface area contributed by atoms with Crippen LogP contribution in [0.1, 0.15) is 30.6 Å². The van der Waals surface area contributed by atoms with Crippen molar-refractivity contribution in [2.75, 3.05) is 12.4 Å². The molecule has 1 heterocycles. The van der Waals surface area contributed by atoms with Gasteiger partial charge >= 0.3 is 5.82 Å². The quantitative estimate of drug-likeness (QED) is 0.647. The fraction of sp³-hybridized carbons (Fsp3) is 0.375. The van der Waals surface area contributed by atoms with Gasteiger partial charge in [-0.3, -0.25) is 4.79 Å². The van der Waals surface area contributed by atoms with E-state index in [1.807, 2.05) is 26.0 Å². The molecule has 1 atom stereocenters. The molecule has 8 heteroatoms. The van der Waals surface area contributed by atoms with Gasteiger partial charge in [-0.25, -0.2) is 0 Å². The van der Waals surface area contributed by atoms with Crippen LogP contribution < -0.4 is 10.1 Å². The Bertz CT molecular complexity index is 769. The zero-order valence-electron chi connectivity index (χ0n) is 14.1. The Labute approximate surface area is 139 Å². The largest absolute Gasteiger partial charge is 0.495 e. The van der Waals surface area contributed by atoms with Gasteiger partial charge in [0.15, 0.2) is 6.04 Å². The number of aromatic nitrogens is 2. The number of nitro groups is 1. The fourth-order valence-corrected chi connectivity index (χ4v) is 2.48. The van der Waals surface area contributed by atoms with Crippen LogP contribution >= 0.6 is 0 Å². The molecule has 1 N–H and O–H groups in total. The molecule has 1 aromatic carbocycles. The summed E-state index contributed by atoms with van der Waals surface area (Å²) in [5.74, 6) is -0.0265. The normalized spacial score (nSPS) is 11.8. The topological polar surface area (TPSA) is 99.3 Å². The van der Waals surface area contributed by atoms with Crippen LogP contribution in [0.15, 0.2) is 24.3 Å². The molecule has 0 fully saturated rings. The van der Waals surface area contributed by atoms with E-state index < -0.39 is 11.0 Å². The van der Waals surface area contributed by atoms with E-state index in [9.17, 15) is 14.9 Å². The minimum absolute atomic E-state index is 0.271. The molecule has 0 saturated heterocycles.